The van der Waals surface area contributed by atoms with Gasteiger partial charge in [0.25, 0.3) is 0 Å². The van der Waals surface area contributed by atoms with Gasteiger partial charge in [0.2, 0.25) is 0 Å². The normalized spacial score (nSPS) is 3.60. The summed E-state index contributed by atoms with van der Waals surface area (Å²) in [5, 5.41) is 2.75. The minimum absolute atomic E-state index is 0. The largest absolute Gasteiger partial charge is 1.00 e. The molecule has 0 aromatic rings. The summed E-state index contributed by atoms with van der Waals surface area (Å²) in [6, 6.07) is 0. The van der Waals surface area contributed by atoms with Crippen LogP contribution in [0.4, 0.5) is 0 Å². The minimum Gasteiger partial charge on any atom is -1.00 e. The molecule has 30 valence electrons. The Morgan fingerprint density at radius 3 is 1.40 bits per heavy atom. The van der Waals surface area contributed by atoms with Crippen molar-refractivity contribution in [1.82, 2.24) is 5.32 Å². The van der Waals surface area contributed by atoms with Crippen molar-refractivity contribution in [3.05, 3.63) is 0 Å². The second-order valence-corrected chi connectivity index (χ2v) is 0.500. The summed E-state index contributed by atoms with van der Waals surface area (Å²) in [4.78, 5) is 0. The fourth-order valence-corrected chi connectivity index (χ4v) is 0. The first-order valence-corrected chi connectivity index (χ1v) is 1.00. The molecule has 0 aromatic heterocycles. The standard InChI is InChI=1S/C2H7N.ClH.K.H/c1-3-2;;;/h3H,1-2H3;1H;;/q;;+1;-1. The van der Waals surface area contributed by atoms with Gasteiger partial charge in [0.15, 0.2) is 0 Å². The SMILES string of the molecule is CNC.Cl.[H-].[K+]. The van der Waals surface area contributed by atoms with Crippen LogP contribution in [0.25, 0.3) is 0 Å². The van der Waals surface area contributed by atoms with Crippen molar-refractivity contribution < 1.29 is 52.8 Å². The van der Waals surface area contributed by atoms with Crippen LogP contribution in [0.15, 0.2) is 0 Å². The number of rotatable bonds is 0. The topological polar surface area (TPSA) is 12.0 Å². The number of hydrogen-bond donors (Lipinski definition) is 1. The Kier molecular flexibility index (Phi) is 53.3. The molecule has 0 rings (SSSR count). The predicted molar refractivity (Wildman–Crippen MR) is 23.3 cm³/mol. The second kappa shape index (κ2) is 16.9. The van der Waals surface area contributed by atoms with Crippen molar-refractivity contribution >= 4 is 12.4 Å². The molecule has 0 saturated carbocycles. The van der Waals surface area contributed by atoms with E-state index in [9.17, 15) is 0 Å². The molecule has 0 aliphatic rings. The van der Waals surface area contributed by atoms with Gasteiger partial charge in [-0.1, -0.05) is 0 Å². The van der Waals surface area contributed by atoms with Crippen LogP contribution in [-0.4, -0.2) is 14.1 Å². The summed E-state index contributed by atoms with van der Waals surface area (Å²) in [5.74, 6) is 0. The quantitative estimate of drug-likeness (QED) is 0.346. The van der Waals surface area contributed by atoms with Crippen molar-refractivity contribution in [3.63, 3.8) is 0 Å². The maximum atomic E-state index is 2.75. The van der Waals surface area contributed by atoms with Gasteiger partial charge in [0.1, 0.15) is 0 Å². The number of nitrogens with one attached hydrogen (secondary N) is 1. The summed E-state index contributed by atoms with van der Waals surface area (Å²) in [6.07, 6.45) is 0. The first kappa shape index (κ1) is 15.8. The molecule has 0 spiro atoms. The van der Waals surface area contributed by atoms with Crippen molar-refractivity contribution in [1.29, 1.82) is 0 Å². The molecule has 0 bridgehead atoms. The molecule has 1 N–H and O–H groups in total. The second-order valence-electron chi connectivity index (χ2n) is 0.500. The molecule has 0 unspecified atom stereocenters. The van der Waals surface area contributed by atoms with E-state index in [0.717, 1.165) is 0 Å². The van der Waals surface area contributed by atoms with E-state index < -0.39 is 0 Å². The third-order valence-electron chi connectivity index (χ3n) is 0. The Balaban J connectivity index is -0.00000000667. The van der Waals surface area contributed by atoms with Crippen molar-refractivity contribution in [2.45, 2.75) is 0 Å². The zero-order valence-corrected chi connectivity index (χ0v) is 7.85. The first-order valence-electron chi connectivity index (χ1n) is 1.00. The van der Waals surface area contributed by atoms with Gasteiger partial charge in [-0.05, 0) is 14.1 Å². The molecule has 1 nitrogen and oxygen atoms in total. The fraction of sp³-hybridized carbons (Fsp3) is 1.00. The molecular formula is C2H9ClKN. The van der Waals surface area contributed by atoms with Crippen LogP contribution in [0.5, 0.6) is 0 Å². The molecule has 0 radical (unpaired) electrons. The first-order chi connectivity index (χ1) is 1.41. The van der Waals surface area contributed by atoms with Gasteiger partial charge in [-0.15, -0.1) is 12.4 Å². The third kappa shape index (κ3) is 25.0. The fourth-order valence-electron chi connectivity index (χ4n) is 0. The van der Waals surface area contributed by atoms with E-state index in [4.69, 9.17) is 0 Å². The van der Waals surface area contributed by atoms with E-state index in [1.165, 1.54) is 0 Å². The molecule has 0 aliphatic heterocycles. The predicted octanol–water partition coefficient (Wildman–Crippen LogP) is -2.63. The molecule has 0 aliphatic carbocycles. The molecule has 0 aromatic carbocycles. The number of hydrogen-bond acceptors (Lipinski definition) is 1. The summed E-state index contributed by atoms with van der Waals surface area (Å²) in [6.45, 7) is 0. The maximum Gasteiger partial charge on any atom is 1.00 e. The van der Waals surface area contributed by atoms with Crippen LogP contribution < -0.4 is 56.7 Å². The van der Waals surface area contributed by atoms with Crippen LogP contribution in [-0.2, 0) is 0 Å². The Morgan fingerprint density at radius 1 is 1.40 bits per heavy atom. The molecule has 0 saturated heterocycles. The average molecular weight is 122 g/mol. The van der Waals surface area contributed by atoms with Gasteiger partial charge in [-0.2, -0.15) is 0 Å². The van der Waals surface area contributed by atoms with Gasteiger partial charge in [-0.3, -0.25) is 0 Å². The van der Waals surface area contributed by atoms with Gasteiger partial charge < -0.3 is 6.74 Å². The van der Waals surface area contributed by atoms with Gasteiger partial charge in [-0.25, -0.2) is 0 Å². The zero-order chi connectivity index (χ0) is 2.71. The van der Waals surface area contributed by atoms with Crippen LogP contribution in [0.1, 0.15) is 1.43 Å². The van der Waals surface area contributed by atoms with Crippen LogP contribution in [0.2, 0.25) is 0 Å². The van der Waals surface area contributed by atoms with Crippen LogP contribution in [0, 0.1) is 0 Å². The molecule has 5 heavy (non-hydrogen) atoms. The Morgan fingerprint density at radius 2 is 1.40 bits per heavy atom. The van der Waals surface area contributed by atoms with Gasteiger partial charge >= 0.3 is 51.4 Å². The Hall–Kier alpha value is 1.89. The summed E-state index contributed by atoms with van der Waals surface area (Å²) in [7, 11) is 3.75. The van der Waals surface area contributed by atoms with Gasteiger partial charge in [0.05, 0.1) is 0 Å². The van der Waals surface area contributed by atoms with E-state index in [2.05, 4.69) is 5.32 Å². The van der Waals surface area contributed by atoms with E-state index >= 15 is 0 Å². The van der Waals surface area contributed by atoms with E-state index in [1.54, 1.807) is 0 Å². The number of halogens is 1. The molecule has 0 fully saturated rings. The van der Waals surface area contributed by atoms with Crippen molar-refractivity contribution in [2.75, 3.05) is 14.1 Å². The summed E-state index contributed by atoms with van der Waals surface area (Å²) in [5.41, 5.74) is 0. The maximum absolute atomic E-state index is 2.75. The monoisotopic (exact) mass is 121 g/mol. The van der Waals surface area contributed by atoms with Crippen molar-refractivity contribution in [3.8, 4) is 0 Å². The Labute approximate surface area is 83.2 Å². The van der Waals surface area contributed by atoms with E-state index in [0.29, 0.717) is 0 Å². The van der Waals surface area contributed by atoms with Crippen LogP contribution >= 0.6 is 12.4 Å². The molecule has 0 amide bonds. The smallest absolute Gasteiger partial charge is 1.00 e. The summed E-state index contributed by atoms with van der Waals surface area (Å²) >= 11 is 0. The average Bonchev–Trinajstić information content (AvgIpc) is 0.918. The van der Waals surface area contributed by atoms with E-state index in [1.807, 2.05) is 14.1 Å². The molecule has 3 heteroatoms. The Bertz CT molecular complexity index is 13.5. The molecule has 0 atom stereocenters. The summed E-state index contributed by atoms with van der Waals surface area (Å²) < 4.78 is 0. The van der Waals surface area contributed by atoms with Crippen LogP contribution in [0.3, 0.4) is 0 Å². The zero-order valence-electron chi connectivity index (χ0n) is 4.91. The minimum atomic E-state index is 0. The van der Waals surface area contributed by atoms with Gasteiger partial charge in [0, 0.05) is 0 Å². The third-order valence-corrected chi connectivity index (χ3v) is 0. The molecular weight excluding hydrogens is 113 g/mol. The van der Waals surface area contributed by atoms with Crippen molar-refractivity contribution in [2.24, 2.45) is 0 Å². The molecule has 0 heterocycles. The van der Waals surface area contributed by atoms with E-state index in [-0.39, 0.29) is 65.2 Å².